The molecule has 0 radical (unpaired) electrons. The average molecular weight is 179 g/mol. The van der Waals surface area contributed by atoms with E-state index in [0.717, 1.165) is 5.69 Å². The van der Waals surface area contributed by atoms with Gasteiger partial charge in [-0.1, -0.05) is 0 Å². The number of hydrogen-bond acceptors (Lipinski definition) is 3. The predicted octanol–water partition coefficient (Wildman–Crippen LogP) is -0.289. The summed E-state index contributed by atoms with van der Waals surface area (Å²) in [5.41, 5.74) is 0.850. The van der Waals surface area contributed by atoms with Gasteiger partial charge in [-0.25, -0.2) is 0 Å². The van der Waals surface area contributed by atoms with Crippen molar-refractivity contribution in [2.75, 3.05) is 6.54 Å². The van der Waals surface area contributed by atoms with Gasteiger partial charge in [-0.2, -0.15) is 5.10 Å². The van der Waals surface area contributed by atoms with Crippen LogP contribution in [-0.2, 0) is 16.1 Å². The van der Waals surface area contributed by atoms with Gasteiger partial charge in [0.25, 0.3) is 0 Å². The van der Waals surface area contributed by atoms with Crippen LogP contribution in [0.3, 0.4) is 0 Å². The predicted molar refractivity (Wildman–Crippen MR) is 43.6 cm³/mol. The van der Waals surface area contributed by atoms with Crippen LogP contribution in [0.25, 0.3) is 0 Å². The van der Waals surface area contributed by atoms with E-state index in [1.165, 1.54) is 4.90 Å². The van der Waals surface area contributed by atoms with Crippen LogP contribution in [0.4, 0.5) is 0 Å². The van der Waals surface area contributed by atoms with Gasteiger partial charge < -0.3 is 4.90 Å². The molecule has 1 fully saturated rings. The number of carbonyl (C=O) groups excluding carboxylic acids is 2. The lowest BCUT2D eigenvalue weighted by molar-refractivity contribution is -0.128. The van der Waals surface area contributed by atoms with Gasteiger partial charge in [-0.15, -0.1) is 0 Å². The van der Waals surface area contributed by atoms with Crippen LogP contribution >= 0.6 is 0 Å². The van der Waals surface area contributed by atoms with Crippen LogP contribution in [0.2, 0.25) is 0 Å². The van der Waals surface area contributed by atoms with Crippen LogP contribution in [0.1, 0.15) is 12.1 Å². The minimum absolute atomic E-state index is 0.00971. The van der Waals surface area contributed by atoms with E-state index in [1.54, 1.807) is 12.3 Å². The quantitative estimate of drug-likeness (QED) is 0.634. The number of likely N-dealkylation sites (tertiary alicyclic amines) is 1. The first-order chi connectivity index (χ1) is 6.25. The van der Waals surface area contributed by atoms with Gasteiger partial charge in [0, 0.05) is 6.20 Å². The molecular weight excluding hydrogens is 170 g/mol. The number of aromatic amines is 1. The molecule has 0 bridgehead atoms. The molecule has 0 atom stereocenters. The third-order valence-electron chi connectivity index (χ3n) is 1.99. The third-order valence-corrected chi connectivity index (χ3v) is 1.99. The molecule has 0 spiro atoms. The molecule has 0 saturated carbocycles. The fraction of sp³-hybridized carbons (Fsp3) is 0.375. The molecule has 1 N–H and O–H groups in total. The SMILES string of the molecule is O=C1CC(=O)N(Cc2ccn[nH]2)C1. The summed E-state index contributed by atoms with van der Waals surface area (Å²) < 4.78 is 0. The van der Waals surface area contributed by atoms with E-state index in [0.29, 0.717) is 6.54 Å². The van der Waals surface area contributed by atoms with Gasteiger partial charge in [-0.05, 0) is 6.07 Å². The summed E-state index contributed by atoms with van der Waals surface area (Å²) >= 11 is 0. The van der Waals surface area contributed by atoms with Crippen molar-refractivity contribution in [3.63, 3.8) is 0 Å². The molecule has 2 heterocycles. The van der Waals surface area contributed by atoms with E-state index >= 15 is 0 Å². The van der Waals surface area contributed by atoms with E-state index in [2.05, 4.69) is 10.2 Å². The first kappa shape index (κ1) is 7.97. The molecule has 0 aliphatic carbocycles. The van der Waals surface area contributed by atoms with Gasteiger partial charge in [-0.3, -0.25) is 14.7 Å². The Labute approximate surface area is 74.7 Å². The number of carbonyl (C=O) groups is 2. The fourth-order valence-corrected chi connectivity index (χ4v) is 1.36. The standard InChI is InChI=1S/C8H9N3O2/c12-7-3-8(13)11(5-7)4-6-1-2-9-10-6/h1-2H,3-5H2,(H,9,10). The van der Waals surface area contributed by atoms with Crippen molar-refractivity contribution in [2.24, 2.45) is 0 Å². The van der Waals surface area contributed by atoms with Crippen molar-refractivity contribution in [1.29, 1.82) is 0 Å². The fourth-order valence-electron chi connectivity index (χ4n) is 1.36. The molecule has 1 amide bonds. The molecule has 1 aromatic heterocycles. The lowest BCUT2D eigenvalue weighted by Crippen LogP contribution is -2.24. The first-order valence-corrected chi connectivity index (χ1v) is 4.03. The summed E-state index contributed by atoms with van der Waals surface area (Å²) in [6, 6.07) is 1.79. The Morgan fingerprint density at radius 2 is 2.38 bits per heavy atom. The smallest absolute Gasteiger partial charge is 0.230 e. The topological polar surface area (TPSA) is 66.1 Å². The first-order valence-electron chi connectivity index (χ1n) is 4.03. The highest BCUT2D eigenvalue weighted by atomic mass is 16.2. The second-order valence-electron chi connectivity index (χ2n) is 3.05. The summed E-state index contributed by atoms with van der Waals surface area (Å²) in [5.74, 6) is -0.107. The number of hydrogen-bond donors (Lipinski definition) is 1. The monoisotopic (exact) mass is 179 g/mol. The summed E-state index contributed by atoms with van der Waals surface area (Å²) in [4.78, 5) is 23.6. The highest BCUT2D eigenvalue weighted by molar-refractivity contribution is 6.05. The van der Waals surface area contributed by atoms with Crippen molar-refractivity contribution < 1.29 is 9.59 Å². The Hall–Kier alpha value is -1.65. The molecule has 5 heteroatoms. The van der Waals surface area contributed by atoms with E-state index in [-0.39, 0.29) is 24.7 Å². The molecule has 13 heavy (non-hydrogen) atoms. The van der Waals surface area contributed by atoms with Crippen LogP contribution in [0.5, 0.6) is 0 Å². The molecule has 1 saturated heterocycles. The van der Waals surface area contributed by atoms with Gasteiger partial charge >= 0.3 is 0 Å². The second-order valence-corrected chi connectivity index (χ2v) is 3.05. The van der Waals surface area contributed by atoms with Crippen LogP contribution in [0.15, 0.2) is 12.3 Å². The van der Waals surface area contributed by atoms with Gasteiger partial charge in [0.2, 0.25) is 5.91 Å². The Bertz CT molecular complexity index is 331. The zero-order valence-corrected chi connectivity index (χ0v) is 6.99. The third kappa shape index (κ3) is 1.58. The number of aromatic nitrogens is 2. The minimum Gasteiger partial charge on any atom is -0.329 e. The Morgan fingerprint density at radius 1 is 1.54 bits per heavy atom. The zero-order chi connectivity index (χ0) is 9.26. The molecule has 0 aromatic carbocycles. The van der Waals surface area contributed by atoms with E-state index in [1.807, 2.05) is 0 Å². The van der Waals surface area contributed by atoms with Crippen molar-refractivity contribution >= 4 is 11.7 Å². The number of nitrogens with zero attached hydrogens (tertiary/aromatic N) is 2. The maximum absolute atomic E-state index is 11.2. The number of ketones is 1. The molecule has 0 unspecified atom stereocenters. The van der Waals surface area contributed by atoms with E-state index in [4.69, 9.17) is 0 Å². The van der Waals surface area contributed by atoms with Gasteiger partial charge in [0.1, 0.15) is 0 Å². The molecule has 1 aliphatic heterocycles. The number of nitrogens with one attached hydrogen (secondary N) is 1. The van der Waals surface area contributed by atoms with Crippen molar-refractivity contribution in [3.05, 3.63) is 18.0 Å². The maximum atomic E-state index is 11.2. The minimum atomic E-state index is -0.0976. The molecule has 1 aliphatic rings. The van der Waals surface area contributed by atoms with Gasteiger partial charge in [0.15, 0.2) is 5.78 Å². The summed E-state index contributed by atoms with van der Waals surface area (Å²) in [6.07, 6.45) is 1.67. The lowest BCUT2D eigenvalue weighted by Gasteiger charge is -2.12. The maximum Gasteiger partial charge on any atom is 0.230 e. The molecular formula is C8H9N3O2. The highest BCUT2D eigenvalue weighted by Crippen LogP contribution is 2.09. The molecule has 2 rings (SSSR count). The Kier molecular flexibility index (Phi) is 1.84. The van der Waals surface area contributed by atoms with Crippen molar-refractivity contribution in [1.82, 2.24) is 15.1 Å². The molecule has 1 aromatic rings. The van der Waals surface area contributed by atoms with E-state index in [9.17, 15) is 9.59 Å². The number of Topliss-reactive ketones (excluding diaryl/α,β-unsaturated/α-hetero) is 1. The average Bonchev–Trinajstić information content (AvgIpc) is 2.63. The molecule has 5 nitrogen and oxygen atoms in total. The number of rotatable bonds is 2. The Morgan fingerprint density at radius 3 is 2.92 bits per heavy atom. The van der Waals surface area contributed by atoms with Crippen LogP contribution in [0, 0.1) is 0 Å². The largest absolute Gasteiger partial charge is 0.329 e. The van der Waals surface area contributed by atoms with E-state index < -0.39 is 0 Å². The highest BCUT2D eigenvalue weighted by Gasteiger charge is 2.27. The second kappa shape index (κ2) is 3.01. The zero-order valence-electron chi connectivity index (χ0n) is 6.99. The molecule has 68 valence electrons. The van der Waals surface area contributed by atoms with Gasteiger partial charge in [0.05, 0.1) is 25.2 Å². The summed E-state index contributed by atoms with van der Waals surface area (Å²) in [5, 5.41) is 6.50. The van der Waals surface area contributed by atoms with Crippen LogP contribution in [-0.4, -0.2) is 33.3 Å². The van der Waals surface area contributed by atoms with Crippen LogP contribution < -0.4 is 0 Å². The number of H-pyrrole nitrogens is 1. The van der Waals surface area contributed by atoms with Crippen molar-refractivity contribution in [3.8, 4) is 0 Å². The lowest BCUT2D eigenvalue weighted by atomic mass is 10.3. The normalized spacial score (nSPS) is 17.1. The number of amides is 1. The summed E-state index contributed by atoms with van der Waals surface area (Å²) in [6.45, 7) is 0.683. The summed E-state index contributed by atoms with van der Waals surface area (Å²) in [7, 11) is 0. The Balaban J connectivity index is 2.03. The van der Waals surface area contributed by atoms with Crippen molar-refractivity contribution in [2.45, 2.75) is 13.0 Å².